The zero-order valence-electron chi connectivity index (χ0n) is 16.1. The molecular formula is C24H26N3O+. The molecule has 4 heteroatoms. The summed E-state index contributed by atoms with van der Waals surface area (Å²) in [6.07, 6.45) is 7.78. The highest BCUT2D eigenvalue weighted by Crippen LogP contribution is 2.22. The molecule has 1 aliphatic heterocycles. The van der Waals surface area contributed by atoms with Crippen LogP contribution in [0.4, 0.5) is 11.4 Å². The van der Waals surface area contributed by atoms with Crippen LogP contribution in [0.3, 0.4) is 0 Å². The first-order chi connectivity index (χ1) is 13.8. The molecule has 1 saturated heterocycles. The third kappa shape index (κ3) is 4.58. The molecule has 0 bridgehead atoms. The lowest BCUT2D eigenvalue weighted by molar-refractivity contribution is -0.683. The highest BCUT2D eigenvalue weighted by atomic mass is 16.1. The van der Waals surface area contributed by atoms with Gasteiger partial charge in [0.1, 0.15) is 0 Å². The molecule has 0 atom stereocenters. The predicted octanol–water partition coefficient (Wildman–Crippen LogP) is 4.27. The van der Waals surface area contributed by atoms with E-state index in [1.54, 1.807) is 0 Å². The van der Waals surface area contributed by atoms with E-state index in [-0.39, 0.29) is 12.5 Å². The van der Waals surface area contributed by atoms with Crippen molar-refractivity contribution in [3.05, 3.63) is 79.1 Å². The Hall–Kier alpha value is -3.14. The van der Waals surface area contributed by atoms with Crippen LogP contribution >= 0.6 is 0 Å². The number of aromatic nitrogens is 1. The van der Waals surface area contributed by atoms with Crippen LogP contribution in [0.2, 0.25) is 0 Å². The summed E-state index contributed by atoms with van der Waals surface area (Å²) >= 11 is 0. The van der Waals surface area contributed by atoms with Crippen molar-refractivity contribution in [3.8, 4) is 11.1 Å². The van der Waals surface area contributed by atoms with Gasteiger partial charge in [0.25, 0.3) is 5.91 Å². The number of rotatable bonds is 5. The van der Waals surface area contributed by atoms with Gasteiger partial charge in [-0.05, 0) is 55.2 Å². The number of carbonyl (C=O) groups is 1. The number of pyridine rings is 1. The van der Waals surface area contributed by atoms with Gasteiger partial charge >= 0.3 is 0 Å². The summed E-state index contributed by atoms with van der Waals surface area (Å²) in [4.78, 5) is 14.9. The highest BCUT2D eigenvalue weighted by molar-refractivity contribution is 5.89. The molecule has 2 aromatic carbocycles. The van der Waals surface area contributed by atoms with E-state index < -0.39 is 0 Å². The van der Waals surface area contributed by atoms with Crippen molar-refractivity contribution in [3.63, 3.8) is 0 Å². The molecule has 1 aromatic heterocycles. The van der Waals surface area contributed by atoms with Gasteiger partial charge in [-0.3, -0.25) is 4.79 Å². The van der Waals surface area contributed by atoms with Crippen LogP contribution in [0, 0.1) is 0 Å². The van der Waals surface area contributed by atoms with Gasteiger partial charge in [0.2, 0.25) is 6.54 Å². The van der Waals surface area contributed by atoms with E-state index >= 15 is 0 Å². The van der Waals surface area contributed by atoms with Crippen molar-refractivity contribution in [2.75, 3.05) is 23.3 Å². The summed E-state index contributed by atoms with van der Waals surface area (Å²) in [5.41, 5.74) is 4.32. The van der Waals surface area contributed by atoms with Crippen LogP contribution in [0.5, 0.6) is 0 Å². The van der Waals surface area contributed by atoms with Crippen LogP contribution < -0.4 is 14.8 Å². The van der Waals surface area contributed by atoms with E-state index in [1.807, 2.05) is 53.4 Å². The lowest BCUT2D eigenvalue weighted by atomic mass is 10.1. The van der Waals surface area contributed by atoms with Crippen molar-refractivity contribution < 1.29 is 9.36 Å². The molecule has 0 spiro atoms. The first-order valence-electron chi connectivity index (χ1n) is 9.97. The van der Waals surface area contributed by atoms with E-state index in [1.165, 1.54) is 24.9 Å². The fourth-order valence-corrected chi connectivity index (χ4v) is 3.70. The maximum absolute atomic E-state index is 12.5. The lowest BCUT2D eigenvalue weighted by Gasteiger charge is -2.28. The zero-order chi connectivity index (χ0) is 19.2. The fraction of sp³-hybridized carbons (Fsp3) is 0.250. The summed E-state index contributed by atoms with van der Waals surface area (Å²) in [5.74, 6) is -0.0269. The Morgan fingerprint density at radius 2 is 1.57 bits per heavy atom. The molecule has 1 fully saturated rings. The maximum Gasteiger partial charge on any atom is 0.290 e. The van der Waals surface area contributed by atoms with E-state index in [2.05, 4.69) is 40.5 Å². The minimum Gasteiger partial charge on any atom is -0.372 e. The molecular weight excluding hydrogens is 346 g/mol. The second-order valence-corrected chi connectivity index (χ2v) is 7.27. The number of nitrogens with zero attached hydrogens (tertiary/aromatic N) is 2. The minimum atomic E-state index is -0.0269. The Bertz CT molecular complexity index is 916. The summed E-state index contributed by atoms with van der Waals surface area (Å²) in [5, 5.41) is 3.00. The topological polar surface area (TPSA) is 36.2 Å². The summed E-state index contributed by atoms with van der Waals surface area (Å²) in [6, 6.07) is 22.4. The molecule has 1 amide bonds. The van der Waals surface area contributed by atoms with Gasteiger partial charge in [-0.1, -0.05) is 30.3 Å². The van der Waals surface area contributed by atoms with Gasteiger partial charge in [-0.2, -0.15) is 4.57 Å². The average Bonchev–Trinajstić information content (AvgIpc) is 2.76. The standard InChI is InChI=1S/C24H25N3O/c28-24(19-26-15-7-10-21(18-26)20-8-3-1-4-9-20)25-22-11-13-23(14-12-22)27-16-5-2-6-17-27/h1,3-4,7-15,18H,2,5-6,16-17,19H2/p+1. The SMILES string of the molecule is O=C(C[n+]1cccc(-c2ccccc2)c1)Nc1ccc(N2CCCCC2)cc1. The molecule has 0 unspecified atom stereocenters. The van der Waals surface area contributed by atoms with Gasteiger partial charge in [0.05, 0.1) is 0 Å². The first kappa shape index (κ1) is 18.2. The van der Waals surface area contributed by atoms with Crippen LogP contribution in [-0.2, 0) is 11.3 Å². The van der Waals surface area contributed by atoms with Crippen molar-refractivity contribution >= 4 is 17.3 Å². The number of benzene rings is 2. The van der Waals surface area contributed by atoms with Crippen LogP contribution in [-0.4, -0.2) is 19.0 Å². The Labute approximate surface area is 166 Å². The summed E-state index contributed by atoms with van der Waals surface area (Å²) in [7, 11) is 0. The molecule has 0 saturated carbocycles. The molecule has 4 rings (SSSR count). The number of hydrogen-bond donors (Lipinski definition) is 1. The maximum atomic E-state index is 12.5. The molecule has 2 heterocycles. The smallest absolute Gasteiger partial charge is 0.290 e. The number of anilines is 2. The number of hydrogen-bond acceptors (Lipinski definition) is 2. The molecule has 3 aromatic rings. The molecule has 1 aliphatic rings. The van der Waals surface area contributed by atoms with Crippen LogP contribution in [0.25, 0.3) is 11.1 Å². The summed E-state index contributed by atoms with van der Waals surface area (Å²) < 4.78 is 1.92. The Morgan fingerprint density at radius 1 is 0.857 bits per heavy atom. The summed E-state index contributed by atoms with van der Waals surface area (Å²) in [6.45, 7) is 2.54. The second-order valence-electron chi connectivity index (χ2n) is 7.27. The minimum absolute atomic E-state index is 0.0269. The van der Waals surface area contributed by atoms with E-state index in [4.69, 9.17) is 0 Å². The second kappa shape index (κ2) is 8.70. The Kier molecular flexibility index (Phi) is 5.66. The van der Waals surface area contributed by atoms with Gasteiger partial charge in [0.15, 0.2) is 12.4 Å². The van der Waals surface area contributed by atoms with E-state index in [0.717, 1.165) is 29.9 Å². The van der Waals surface area contributed by atoms with E-state index in [0.29, 0.717) is 0 Å². The fourth-order valence-electron chi connectivity index (χ4n) is 3.70. The van der Waals surface area contributed by atoms with Crippen LogP contribution in [0.15, 0.2) is 79.1 Å². The number of nitrogens with one attached hydrogen (secondary N) is 1. The van der Waals surface area contributed by atoms with E-state index in [9.17, 15) is 4.79 Å². The number of piperidine rings is 1. The third-order valence-electron chi connectivity index (χ3n) is 5.16. The van der Waals surface area contributed by atoms with Crippen molar-refractivity contribution in [2.24, 2.45) is 0 Å². The van der Waals surface area contributed by atoms with Crippen molar-refractivity contribution in [1.82, 2.24) is 0 Å². The average molecular weight is 372 g/mol. The third-order valence-corrected chi connectivity index (χ3v) is 5.16. The Balaban J connectivity index is 1.38. The van der Waals surface area contributed by atoms with Crippen LogP contribution in [0.1, 0.15) is 19.3 Å². The van der Waals surface area contributed by atoms with Crippen molar-refractivity contribution in [2.45, 2.75) is 25.8 Å². The lowest BCUT2D eigenvalue weighted by Crippen LogP contribution is -2.39. The van der Waals surface area contributed by atoms with Gasteiger partial charge in [0, 0.05) is 36.1 Å². The largest absolute Gasteiger partial charge is 0.372 e. The predicted molar refractivity (Wildman–Crippen MR) is 113 cm³/mol. The Morgan fingerprint density at radius 3 is 2.32 bits per heavy atom. The number of amides is 1. The van der Waals surface area contributed by atoms with Crippen molar-refractivity contribution in [1.29, 1.82) is 0 Å². The molecule has 0 aliphatic carbocycles. The number of carbonyl (C=O) groups excluding carboxylic acids is 1. The molecule has 142 valence electrons. The van der Waals surface area contributed by atoms with Gasteiger partial charge < -0.3 is 10.2 Å². The monoisotopic (exact) mass is 372 g/mol. The molecule has 4 nitrogen and oxygen atoms in total. The molecule has 1 N–H and O–H groups in total. The van der Waals surface area contributed by atoms with Gasteiger partial charge in [-0.25, -0.2) is 0 Å². The quantitative estimate of drug-likeness (QED) is 0.679. The normalized spacial score (nSPS) is 13.9. The zero-order valence-corrected chi connectivity index (χ0v) is 16.1. The first-order valence-corrected chi connectivity index (χ1v) is 9.97. The molecule has 28 heavy (non-hydrogen) atoms. The molecule has 0 radical (unpaired) electrons. The van der Waals surface area contributed by atoms with Gasteiger partial charge in [-0.15, -0.1) is 0 Å². The highest BCUT2D eigenvalue weighted by Gasteiger charge is 2.13.